The molecule has 0 spiro atoms. The molecule has 0 unspecified atom stereocenters. The molecular formula is C16H18ClN3. The number of hydrogen-bond donors (Lipinski definition) is 1. The van der Waals surface area contributed by atoms with E-state index >= 15 is 0 Å². The van der Waals surface area contributed by atoms with Gasteiger partial charge in [-0.2, -0.15) is 0 Å². The summed E-state index contributed by atoms with van der Waals surface area (Å²) in [6, 6.07) is 8.10. The van der Waals surface area contributed by atoms with Crippen LogP contribution in [0.5, 0.6) is 0 Å². The lowest BCUT2D eigenvalue weighted by Gasteiger charge is -2.09. The van der Waals surface area contributed by atoms with Gasteiger partial charge in [0.05, 0.1) is 0 Å². The van der Waals surface area contributed by atoms with Crippen molar-refractivity contribution in [2.24, 2.45) is 0 Å². The van der Waals surface area contributed by atoms with Crippen molar-refractivity contribution in [1.82, 2.24) is 9.97 Å². The number of aromatic nitrogens is 2. The van der Waals surface area contributed by atoms with Crippen LogP contribution in [0, 0.1) is 13.8 Å². The van der Waals surface area contributed by atoms with E-state index in [0.717, 1.165) is 11.4 Å². The number of rotatable bonds is 3. The second-order valence-electron chi connectivity index (χ2n) is 5.08. The van der Waals surface area contributed by atoms with Gasteiger partial charge in [0.2, 0.25) is 5.28 Å². The molecule has 4 heteroatoms. The highest BCUT2D eigenvalue weighted by Crippen LogP contribution is 2.21. The van der Waals surface area contributed by atoms with Gasteiger partial charge in [-0.1, -0.05) is 17.7 Å². The fourth-order valence-corrected chi connectivity index (χ4v) is 2.20. The molecule has 1 aromatic carbocycles. The Kier molecular flexibility index (Phi) is 4.40. The van der Waals surface area contributed by atoms with Crippen LogP contribution in [0.3, 0.4) is 0 Å². The van der Waals surface area contributed by atoms with Crippen LogP contribution >= 0.6 is 11.6 Å². The number of hydrogen-bond acceptors (Lipinski definition) is 3. The molecule has 3 nitrogen and oxygen atoms in total. The highest BCUT2D eigenvalue weighted by molar-refractivity contribution is 6.28. The third-order valence-electron chi connectivity index (χ3n) is 2.81. The van der Waals surface area contributed by atoms with E-state index in [0.29, 0.717) is 5.82 Å². The van der Waals surface area contributed by atoms with E-state index in [-0.39, 0.29) is 5.28 Å². The number of nitrogens with zero attached hydrogens (tertiary/aromatic N) is 2. The third kappa shape index (κ3) is 3.81. The van der Waals surface area contributed by atoms with Gasteiger partial charge in [-0.15, -0.1) is 0 Å². The summed E-state index contributed by atoms with van der Waals surface area (Å²) < 4.78 is 0. The molecule has 0 radical (unpaired) electrons. The zero-order valence-corrected chi connectivity index (χ0v) is 12.9. The summed E-state index contributed by atoms with van der Waals surface area (Å²) in [4.78, 5) is 8.21. The van der Waals surface area contributed by atoms with E-state index in [2.05, 4.69) is 54.3 Å². The highest BCUT2D eigenvalue weighted by Gasteiger charge is 2.02. The van der Waals surface area contributed by atoms with Gasteiger partial charge in [0.15, 0.2) is 0 Å². The van der Waals surface area contributed by atoms with Gasteiger partial charge < -0.3 is 5.32 Å². The van der Waals surface area contributed by atoms with Crippen LogP contribution in [-0.2, 0) is 0 Å². The van der Waals surface area contributed by atoms with E-state index in [1.54, 1.807) is 0 Å². The van der Waals surface area contributed by atoms with E-state index in [9.17, 15) is 0 Å². The summed E-state index contributed by atoms with van der Waals surface area (Å²) in [6.07, 6.45) is 2.17. The Morgan fingerprint density at radius 2 is 1.90 bits per heavy atom. The van der Waals surface area contributed by atoms with Crippen LogP contribution in [-0.4, -0.2) is 9.97 Å². The second-order valence-corrected chi connectivity index (χ2v) is 5.42. The number of allylic oxidation sites excluding steroid dienone is 1. The first-order valence-corrected chi connectivity index (χ1v) is 6.85. The minimum absolute atomic E-state index is 0.255. The van der Waals surface area contributed by atoms with Crippen LogP contribution in [0.2, 0.25) is 5.28 Å². The summed E-state index contributed by atoms with van der Waals surface area (Å²) in [7, 11) is 0. The van der Waals surface area contributed by atoms with Crippen molar-refractivity contribution in [1.29, 1.82) is 0 Å². The van der Waals surface area contributed by atoms with Crippen LogP contribution in [0.4, 0.5) is 11.5 Å². The first-order chi connectivity index (χ1) is 9.44. The minimum Gasteiger partial charge on any atom is -0.340 e. The molecule has 0 bridgehead atoms. The number of anilines is 2. The molecule has 0 aliphatic carbocycles. The monoisotopic (exact) mass is 287 g/mol. The topological polar surface area (TPSA) is 37.8 Å². The average Bonchev–Trinajstić information content (AvgIpc) is 2.31. The number of benzene rings is 1. The van der Waals surface area contributed by atoms with E-state index in [1.807, 2.05) is 19.1 Å². The van der Waals surface area contributed by atoms with Crippen molar-refractivity contribution in [3.05, 3.63) is 51.9 Å². The van der Waals surface area contributed by atoms with Gasteiger partial charge in [-0.3, -0.25) is 0 Å². The van der Waals surface area contributed by atoms with Gasteiger partial charge in [0.25, 0.3) is 0 Å². The van der Waals surface area contributed by atoms with Crippen LogP contribution in [0.1, 0.15) is 30.7 Å². The molecule has 0 fully saturated rings. The average molecular weight is 288 g/mol. The first kappa shape index (κ1) is 14.5. The molecule has 1 N–H and O–H groups in total. The fourth-order valence-electron chi connectivity index (χ4n) is 1.97. The lowest BCUT2D eigenvalue weighted by atomic mass is 10.1. The first-order valence-electron chi connectivity index (χ1n) is 6.48. The summed E-state index contributed by atoms with van der Waals surface area (Å²) in [5.41, 5.74) is 5.56. The Hall–Kier alpha value is -1.87. The largest absolute Gasteiger partial charge is 0.340 e. The van der Waals surface area contributed by atoms with Crippen molar-refractivity contribution >= 4 is 29.2 Å². The van der Waals surface area contributed by atoms with Crippen molar-refractivity contribution < 1.29 is 0 Å². The fraction of sp³-hybridized carbons (Fsp3) is 0.250. The van der Waals surface area contributed by atoms with Crippen molar-refractivity contribution in [2.75, 3.05) is 5.32 Å². The van der Waals surface area contributed by atoms with Gasteiger partial charge in [-0.25, -0.2) is 9.97 Å². The summed E-state index contributed by atoms with van der Waals surface area (Å²) in [5.74, 6) is 0.705. The Labute approximate surface area is 124 Å². The number of halogens is 1. The van der Waals surface area contributed by atoms with Gasteiger partial charge in [0, 0.05) is 17.4 Å². The maximum Gasteiger partial charge on any atom is 0.224 e. The van der Waals surface area contributed by atoms with Crippen LogP contribution in [0.15, 0.2) is 29.8 Å². The molecule has 0 aliphatic rings. The Bertz CT molecular complexity index is 639. The Morgan fingerprint density at radius 1 is 1.15 bits per heavy atom. The molecule has 0 saturated heterocycles. The zero-order chi connectivity index (χ0) is 14.7. The molecule has 0 aliphatic heterocycles. The maximum atomic E-state index is 5.86. The predicted octanol–water partition coefficient (Wildman–Crippen LogP) is 4.91. The van der Waals surface area contributed by atoms with Crippen molar-refractivity contribution in [3.8, 4) is 0 Å². The van der Waals surface area contributed by atoms with E-state index in [4.69, 9.17) is 11.6 Å². The van der Waals surface area contributed by atoms with Crippen LogP contribution in [0.25, 0.3) is 6.08 Å². The Balaban J connectivity index is 2.26. The molecule has 20 heavy (non-hydrogen) atoms. The zero-order valence-electron chi connectivity index (χ0n) is 12.2. The standard InChI is InChI=1S/C16H18ClN3/c1-10(2)7-13-5-6-14(8-11(13)3)19-15-9-12(4)18-16(17)20-15/h5-9H,1-4H3,(H,18,19,20). The molecule has 104 valence electrons. The molecule has 2 rings (SSSR count). The second kappa shape index (κ2) is 6.06. The van der Waals surface area contributed by atoms with Crippen molar-refractivity contribution in [2.45, 2.75) is 27.7 Å². The lowest BCUT2D eigenvalue weighted by molar-refractivity contribution is 1.10. The lowest BCUT2D eigenvalue weighted by Crippen LogP contribution is -1.97. The highest BCUT2D eigenvalue weighted by atomic mass is 35.5. The number of aryl methyl sites for hydroxylation is 2. The van der Waals surface area contributed by atoms with Gasteiger partial charge in [-0.05, 0) is 62.6 Å². The number of nitrogens with one attached hydrogen (secondary N) is 1. The summed E-state index contributed by atoms with van der Waals surface area (Å²) >= 11 is 5.86. The predicted molar refractivity (Wildman–Crippen MR) is 85.6 cm³/mol. The molecule has 0 saturated carbocycles. The van der Waals surface area contributed by atoms with Gasteiger partial charge >= 0.3 is 0 Å². The maximum absolute atomic E-state index is 5.86. The van der Waals surface area contributed by atoms with Crippen molar-refractivity contribution in [3.63, 3.8) is 0 Å². The Morgan fingerprint density at radius 3 is 2.50 bits per heavy atom. The third-order valence-corrected chi connectivity index (χ3v) is 2.98. The molecule has 1 aromatic heterocycles. The molecule has 0 atom stereocenters. The molecule has 0 amide bonds. The smallest absolute Gasteiger partial charge is 0.224 e. The minimum atomic E-state index is 0.255. The van der Waals surface area contributed by atoms with E-state index < -0.39 is 0 Å². The van der Waals surface area contributed by atoms with E-state index in [1.165, 1.54) is 16.7 Å². The summed E-state index contributed by atoms with van der Waals surface area (Å²) in [6.45, 7) is 8.18. The SMILES string of the molecule is CC(C)=Cc1ccc(Nc2cc(C)nc(Cl)n2)cc1C. The normalized spacial score (nSPS) is 10.2. The molecular weight excluding hydrogens is 270 g/mol. The quantitative estimate of drug-likeness (QED) is 0.815. The molecule has 2 aromatic rings. The van der Waals surface area contributed by atoms with Gasteiger partial charge in [0.1, 0.15) is 5.82 Å². The summed E-state index contributed by atoms with van der Waals surface area (Å²) in [5, 5.41) is 3.51. The molecule has 1 heterocycles. The van der Waals surface area contributed by atoms with Crippen LogP contribution < -0.4 is 5.32 Å².